The Kier molecular flexibility index (Phi) is 6.64. The molecule has 1 heteroatoms. The predicted octanol–water partition coefficient (Wildman–Crippen LogP) is 4.73. The van der Waals surface area contributed by atoms with E-state index in [2.05, 4.69) is 26.5 Å². The minimum atomic E-state index is 0.322. The van der Waals surface area contributed by atoms with E-state index in [0.29, 0.717) is 5.41 Å². The van der Waals surface area contributed by atoms with E-state index in [0.717, 1.165) is 17.7 Å². The summed E-state index contributed by atoms with van der Waals surface area (Å²) in [6.45, 7) is 14.3. The summed E-state index contributed by atoms with van der Waals surface area (Å²) in [7, 11) is 0. The third kappa shape index (κ3) is 5.08. The summed E-state index contributed by atoms with van der Waals surface area (Å²) in [6, 6.07) is 0. The van der Waals surface area contributed by atoms with Crippen molar-refractivity contribution in [1.29, 1.82) is 0 Å². The van der Waals surface area contributed by atoms with E-state index in [4.69, 9.17) is 5.73 Å². The van der Waals surface area contributed by atoms with Crippen LogP contribution >= 0.6 is 0 Å². The maximum atomic E-state index is 5.79. The van der Waals surface area contributed by atoms with Crippen LogP contribution in [0.5, 0.6) is 0 Å². The van der Waals surface area contributed by atoms with Crippen LogP contribution in [0.15, 0.2) is 47.7 Å². The first-order chi connectivity index (χ1) is 7.98. The average molecular weight is 233 g/mol. The summed E-state index contributed by atoms with van der Waals surface area (Å²) < 4.78 is 0. The summed E-state index contributed by atoms with van der Waals surface area (Å²) in [5.41, 5.74) is 9.46. The fourth-order valence-electron chi connectivity index (χ4n) is 1.85. The van der Waals surface area contributed by atoms with Crippen LogP contribution in [-0.4, -0.2) is 0 Å². The quantitative estimate of drug-likeness (QED) is 0.700. The van der Waals surface area contributed by atoms with E-state index in [1.54, 1.807) is 0 Å². The van der Waals surface area contributed by atoms with Crippen LogP contribution in [0.25, 0.3) is 0 Å². The SMILES string of the molecule is C=C/C(=C\C(N)=C/C)C1=CC(C)(C)CC1.CC. The molecule has 0 aromatic heterocycles. The van der Waals surface area contributed by atoms with Gasteiger partial charge in [-0.05, 0) is 42.4 Å². The Morgan fingerprint density at radius 1 is 1.41 bits per heavy atom. The minimum absolute atomic E-state index is 0.322. The largest absolute Gasteiger partial charge is 0.399 e. The number of hydrogen-bond donors (Lipinski definition) is 1. The molecule has 17 heavy (non-hydrogen) atoms. The van der Waals surface area contributed by atoms with E-state index < -0.39 is 0 Å². The highest BCUT2D eigenvalue weighted by molar-refractivity contribution is 5.45. The lowest BCUT2D eigenvalue weighted by molar-refractivity contribution is 0.470. The highest BCUT2D eigenvalue weighted by atomic mass is 14.5. The molecule has 0 aromatic rings. The molecule has 1 rings (SSSR count). The van der Waals surface area contributed by atoms with Crippen molar-refractivity contribution in [2.45, 2.75) is 47.5 Å². The Hall–Kier alpha value is -1.24. The van der Waals surface area contributed by atoms with Crippen LogP contribution in [0.2, 0.25) is 0 Å². The van der Waals surface area contributed by atoms with Crippen molar-refractivity contribution in [1.82, 2.24) is 0 Å². The van der Waals surface area contributed by atoms with Crippen molar-refractivity contribution in [3.63, 3.8) is 0 Å². The summed E-state index contributed by atoms with van der Waals surface area (Å²) in [4.78, 5) is 0. The fraction of sp³-hybridized carbons (Fsp3) is 0.500. The molecule has 0 saturated heterocycles. The predicted molar refractivity (Wildman–Crippen MR) is 78.7 cm³/mol. The van der Waals surface area contributed by atoms with E-state index in [9.17, 15) is 0 Å². The normalized spacial score (nSPS) is 19.2. The number of allylic oxidation sites excluding steroid dienone is 6. The highest BCUT2D eigenvalue weighted by Crippen LogP contribution is 2.38. The van der Waals surface area contributed by atoms with Crippen LogP contribution in [0.3, 0.4) is 0 Å². The topological polar surface area (TPSA) is 26.0 Å². The Morgan fingerprint density at radius 3 is 2.35 bits per heavy atom. The molecule has 0 heterocycles. The van der Waals surface area contributed by atoms with Gasteiger partial charge in [-0.15, -0.1) is 0 Å². The first-order valence-electron chi connectivity index (χ1n) is 6.46. The summed E-state index contributed by atoms with van der Waals surface area (Å²) in [6.07, 6.45) is 10.5. The molecule has 0 spiro atoms. The van der Waals surface area contributed by atoms with E-state index >= 15 is 0 Å². The third-order valence-corrected chi connectivity index (χ3v) is 2.85. The molecule has 0 fully saturated rings. The van der Waals surface area contributed by atoms with Crippen LogP contribution in [0, 0.1) is 5.41 Å². The van der Waals surface area contributed by atoms with Crippen molar-refractivity contribution in [2.24, 2.45) is 11.1 Å². The zero-order chi connectivity index (χ0) is 13.5. The highest BCUT2D eigenvalue weighted by Gasteiger charge is 2.23. The second-order valence-electron chi connectivity index (χ2n) is 4.75. The molecule has 1 aliphatic carbocycles. The Morgan fingerprint density at radius 2 is 2.00 bits per heavy atom. The first kappa shape index (κ1) is 15.8. The van der Waals surface area contributed by atoms with Crippen molar-refractivity contribution < 1.29 is 0 Å². The molecule has 96 valence electrons. The molecular weight excluding hydrogens is 206 g/mol. The van der Waals surface area contributed by atoms with Gasteiger partial charge < -0.3 is 5.73 Å². The summed E-state index contributed by atoms with van der Waals surface area (Å²) in [5.74, 6) is 0. The van der Waals surface area contributed by atoms with Crippen LogP contribution in [0.4, 0.5) is 0 Å². The molecule has 0 aromatic carbocycles. The lowest BCUT2D eigenvalue weighted by Crippen LogP contribution is -2.00. The molecule has 0 saturated carbocycles. The van der Waals surface area contributed by atoms with Gasteiger partial charge in [0.2, 0.25) is 0 Å². The Bertz CT molecular complexity index is 341. The maximum Gasteiger partial charge on any atom is 0.0276 e. The maximum absolute atomic E-state index is 5.79. The summed E-state index contributed by atoms with van der Waals surface area (Å²) >= 11 is 0. The number of rotatable bonds is 3. The van der Waals surface area contributed by atoms with Gasteiger partial charge in [0, 0.05) is 5.70 Å². The van der Waals surface area contributed by atoms with Gasteiger partial charge in [0.25, 0.3) is 0 Å². The summed E-state index contributed by atoms with van der Waals surface area (Å²) in [5, 5.41) is 0. The zero-order valence-corrected chi connectivity index (χ0v) is 12.0. The van der Waals surface area contributed by atoms with E-state index in [-0.39, 0.29) is 0 Å². The zero-order valence-electron chi connectivity index (χ0n) is 12.0. The van der Waals surface area contributed by atoms with Crippen molar-refractivity contribution >= 4 is 0 Å². The van der Waals surface area contributed by atoms with E-state index in [1.807, 2.05) is 39.0 Å². The number of nitrogens with two attached hydrogens (primary N) is 1. The van der Waals surface area contributed by atoms with Gasteiger partial charge in [0.05, 0.1) is 0 Å². The lowest BCUT2D eigenvalue weighted by Gasteiger charge is -2.11. The average Bonchev–Trinajstić information content (AvgIpc) is 2.68. The van der Waals surface area contributed by atoms with Crippen molar-refractivity contribution in [2.75, 3.05) is 0 Å². The van der Waals surface area contributed by atoms with Gasteiger partial charge in [-0.25, -0.2) is 0 Å². The van der Waals surface area contributed by atoms with Gasteiger partial charge >= 0.3 is 0 Å². The number of hydrogen-bond acceptors (Lipinski definition) is 1. The Balaban J connectivity index is 0.00000121. The van der Waals surface area contributed by atoms with E-state index in [1.165, 1.54) is 12.0 Å². The van der Waals surface area contributed by atoms with Crippen LogP contribution in [-0.2, 0) is 0 Å². The molecule has 1 aliphatic rings. The molecule has 2 N–H and O–H groups in total. The second-order valence-corrected chi connectivity index (χ2v) is 4.75. The van der Waals surface area contributed by atoms with Gasteiger partial charge in [-0.3, -0.25) is 0 Å². The second kappa shape index (κ2) is 7.16. The molecule has 0 aliphatic heterocycles. The standard InChI is InChI=1S/C14H21N.C2H6/c1-5-11(9-13(15)6-2)12-7-8-14(3,4)10-12;1-2/h5-6,9-10H,1,7-8,15H2,2-4H3;1-2H3/b11-9+,13-6+;. The monoisotopic (exact) mass is 233 g/mol. The van der Waals surface area contributed by atoms with Gasteiger partial charge in [0.1, 0.15) is 0 Å². The van der Waals surface area contributed by atoms with Crippen molar-refractivity contribution in [3.8, 4) is 0 Å². The lowest BCUT2D eigenvalue weighted by atomic mass is 9.94. The molecule has 0 atom stereocenters. The Labute approximate surface area is 107 Å². The van der Waals surface area contributed by atoms with Gasteiger partial charge in [-0.1, -0.05) is 52.5 Å². The molecule has 0 unspecified atom stereocenters. The van der Waals surface area contributed by atoms with Gasteiger partial charge in [0.15, 0.2) is 0 Å². The first-order valence-corrected chi connectivity index (χ1v) is 6.46. The molecule has 0 amide bonds. The molecule has 1 nitrogen and oxygen atoms in total. The smallest absolute Gasteiger partial charge is 0.0276 e. The molecular formula is C16H27N. The van der Waals surface area contributed by atoms with Crippen LogP contribution < -0.4 is 5.73 Å². The molecule has 0 radical (unpaired) electrons. The van der Waals surface area contributed by atoms with Crippen molar-refractivity contribution in [3.05, 3.63) is 47.7 Å². The minimum Gasteiger partial charge on any atom is -0.399 e. The fourth-order valence-corrected chi connectivity index (χ4v) is 1.85. The van der Waals surface area contributed by atoms with Crippen LogP contribution in [0.1, 0.15) is 47.5 Å². The molecule has 0 bridgehead atoms. The van der Waals surface area contributed by atoms with Gasteiger partial charge in [-0.2, -0.15) is 0 Å². The third-order valence-electron chi connectivity index (χ3n) is 2.85.